The number of hydrogen-bond donors (Lipinski definition) is 1. The molecule has 0 spiro atoms. The third-order valence-electron chi connectivity index (χ3n) is 3.20. The maximum atomic E-state index is 11.7. The Bertz CT molecular complexity index is 398. The number of nitrogens with one attached hydrogen (secondary N) is 1. The standard InChI is InChI=1S/C17H27NOS/c1-13(2)6-5-11-18-17(19)12-20-16-9-7-15(8-10-16)14(3)4/h7-10,13-14H,5-6,11-12H2,1-4H3,(H,18,19). The van der Waals surface area contributed by atoms with E-state index in [0.29, 0.717) is 17.6 Å². The predicted octanol–water partition coefficient (Wildman–Crippen LogP) is 4.45. The number of carbonyl (C=O) groups is 1. The van der Waals surface area contributed by atoms with Crippen LogP contribution in [0, 0.1) is 5.92 Å². The molecule has 0 unspecified atom stereocenters. The molecule has 2 nitrogen and oxygen atoms in total. The molecule has 1 aromatic carbocycles. The van der Waals surface area contributed by atoms with E-state index in [1.54, 1.807) is 11.8 Å². The smallest absolute Gasteiger partial charge is 0.230 e. The Labute approximate surface area is 127 Å². The van der Waals surface area contributed by atoms with E-state index in [2.05, 4.69) is 57.3 Å². The van der Waals surface area contributed by atoms with Crippen LogP contribution in [0.4, 0.5) is 0 Å². The van der Waals surface area contributed by atoms with Crippen molar-refractivity contribution in [2.45, 2.75) is 51.3 Å². The fraction of sp³-hybridized carbons (Fsp3) is 0.588. The van der Waals surface area contributed by atoms with Crippen LogP contribution in [-0.4, -0.2) is 18.2 Å². The number of rotatable bonds is 8. The first-order chi connectivity index (χ1) is 9.49. The van der Waals surface area contributed by atoms with Gasteiger partial charge in [-0.1, -0.05) is 39.8 Å². The van der Waals surface area contributed by atoms with Crippen LogP contribution in [0.15, 0.2) is 29.2 Å². The highest BCUT2D eigenvalue weighted by Crippen LogP contribution is 2.21. The molecule has 0 bridgehead atoms. The van der Waals surface area contributed by atoms with E-state index in [4.69, 9.17) is 0 Å². The van der Waals surface area contributed by atoms with Crippen LogP contribution in [0.3, 0.4) is 0 Å². The normalized spacial score (nSPS) is 11.1. The van der Waals surface area contributed by atoms with Crippen molar-refractivity contribution < 1.29 is 4.79 Å². The van der Waals surface area contributed by atoms with Gasteiger partial charge in [-0.25, -0.2) is 0 Å². The van der Waals surface area contributed by atoms with E-state index < -0.39 is 0 Å². The maximum Gasteiger partial charge on any atom is 0.230 e. The highest BCUT2D eigenvalue weighted by Gasteiger charge is 2.04. The highest BCUT2D eigenvalue weighted by atomic mass is 32.2. The summed E-state index contributed by atoms with van der Waals surface area (Å²) in [6, 6.07) is 8.50. The average Bonchev–Trinajstić information content (AvgIpc) is 2.41. The van der Waals surface area contributed by atoms with E-state index in [1.807, 2.05) is 0 Å². The Kier molecular flexibility index (Phi) is 7.75. The van der Waals surface area contributed by atoms with Gasteiger partial charge in [0.05, 0.1) is 5.75 Å². The van der Waals surface area contributed by atoms with Gasteiger partial charge in [0.1, 0.15) is 0 Å². The van der Waals surface area contributed by atoms with Crippen LogP contribution in [-0.2, 0) is 4.79 Å². The Morgan fingerprint density at radius 3 is 2.35 bits per heavy atom. The van der Waals surface area contributed by atoms with Crippen LogP contribution < -0.4 is 5.32 Å². The molecule has 0 heterocycles. The fourth-order valence-electron chi connectivity index (χ4n) is 1.89. The summed E-state index contributed by atoms with van der Waals surface area (Å²) in [5, 5.41) is 2.98. The minimum Gasteiger partial charge on any atom is -0.355 e. The van der Waals surface area contributed by atoms with E-state index in [0.717, 1.165) is 17.9 Å². The first-order valence-corrected chi connectivity index (χ1v) is 8.47. The lowest BCUT2D eigenvalue weighted by Gasteiger charge is -2.08. The molecule has 0 saturated heterocycles. The summed E-state index contributed by atoms with van der Waals surface area (Å²) in [4.78, 5) is 12.9. The van der Waals surface area contributed by atoms with E-state index in [9.17, 15) is 4.79 Å². The summed E-state index contributed by atoms with van der Waals surface area (Å²) in [7, 11) is 0. The highest BCUT2D eigenvalue weighted by molar-refractivity contribution is 8.00. The second kappa shape index (κ2) is 9.06. The molecule has 0 fully saturated rings. The lowest BCUT2D eigenvalue weighted by atomic mass is 10.0. The number of hydrogen-bond acceptors (Lipinski definition) is 2. The van der Waals surface area contributed by atoms with Crippen molar-refractivity contribution in [3.8, 4) is 0 Å². The SMILES string of the molecule is CC(C)CCCNC(=O)CSc1ccc(C(C)C)cc1. The minimum atomic E-state index is 0.131. The zero-order valence-corrected chi connectivity index (χ0v) is 13.9. The van der Waals surface area contributed by atoms with Gasteiger partial charge in [-0.05, 0) is 42.4 Å². The zero-order chi connectivity index (χ0) is 15.0. The quantitative estimate of drug-likeness (QED) is 0.566. The van der Waals surface area contributed by atoms with Gasteiger partial charge in [0.15, 0.2) is 0 Å². The van der Waals surface area contributed by atoms with Crippen molar-refractivity contribution in [1.29, 1.82) is 0 Å². The van der Waals surface area contributed by atoms with Crippen molar-refractivity contribution >= 4 is 17.7 Å². The molecule has 3 heteroatoms. The topological polar surface area (TPSA) is 29.1 Å². The molecule has 0 aliphatic heterocycles. The minimum absolute atomic E-state index is 0.131. The third kappa shape index (κ3) is 6.99. The van der Waals surface area contributed by atoms with E-state index in [-0.39, 0.29) is 5.91 Å². The lowest BCUT2D eigenvalue weighted by Crippen LogP contribution is -2.26. The van der Waals surface area contributed by atoms with Crippen LogP contribution >= 0.6 is 11.8 Å². The molecule has 1 amide bonds. The Hall–Kier alpha value is -0.960. The first-order valence-electron chi connectivity index (χ1n) is 7.48. The number of carbonyl (C=O) groups excluding carboxylic acids is 1. The average molecular weight is 293 g/mol. The number of benzene rings is 1. The Morgan fingerprint density at radius 1 is 1.15 bits per heavy atom. The van der Waals surface area contributed by atoms with Crippen LogP contribution in [0.2, 0.25) is 0 Å². The summed E-state index contributed by atoms with van der Waals surface area (Å²) < 4.78 is 0. The molecule has 1 rings (SSSR count). The zero-order valence-electron chi connectivity index (χ0n) is 13.1. The molecule has 20 heavy (non-hydrogen) atoms. The van der Waals surface area contributed by atoms with Gasteiger partial charge < -0.3 is 5.32 Å². The maximum absolute atomic E-state index is 11.7. The summed E-state index contributed by atoms with van der Waals surface area (Å²) in [6.45, 7) is 9.58. The van der Waals surface area contributed by atoms with Crippen LogP contribution in [0.5, 0.6) is 0 Å². The molecular weight excluding hydrogens is 266 g/mol. The van der Waals surface area contributed by atoms with Gasteiger partial charge in [0.25, 0.3) is 0 Å². The molecule has 1 N–H and O–H groups in total. The van der Waals surface area contributed by atoms with Gasteiger partial charge in [-0.2, -0.15) is 0 Å². The molecule has 0 saturated carbocycles. The summed E-state index contributed by atoms with van der Waals surface area (Å²) >= 11 is 1.60. The lowest BCUT2D eigenvalue weighted by molar-refractivity contribution is -0.118. The van der Waals surface area contributed by atoms with Crippen molar-refractivity contribution in [2.24, 2.45) is 5.92 Å². The molecule has 0 aliphatic rings. The molecule has 0 atom stereocenters. The molecule has 1 aromatic rings. The predicted molar refractivity (Wildman–Crippen MR) is 88.3 cm³/mol. The van der Waals surface area contributed by atoms with Crippen molar-refractivity contribution in [2.75, 3.05) is 12.3 Å². The summed E-state index contributed by atoms with van der Waals surface area (Å²) in [5.74, 6) is 1.90. The monoisotopic (exact) mass is 293 g/mol. The Morgan fingerprint density at radius 2 is 1.80 bits per heavy atom. The molecule has 112 valence electrons. The fourth-order valence-corrected chi connectivity index (χ4v) is 2.62. The molecule has 0 radical (unpaired) electrons. The van der Waals surface area contributed by atoms with Gasteiger partial charge in [-0.15, -0.1) is 11.8 Å². The first kappa shape index (κ1) is 17.1. The molecule has 0 aliphatic carbocycles. The van der Waals surface area contributed by atoms with Crippen molar-refractivity contribution in [1.82, 2.24) is 5.32 Å². The van der Waals surface area contributed by atoms with Gasteiger partial charge >= 0.3 is 0 Å². The largest absolute Gasteiger partial charge is 0.355 e. The van der Waals surface area contributed by atoms with E-state index >= 15 is 0 Å². The van der Waals surface area contributed by atoms with E-state index in [1.165, 1.54) is 12.0 Å². The van der Waals surface area contributed by atoms with Gasteiger partial charge in [-0.3, -0.25) is 4.79 Å². The van der Waals surface area contributed by atoms with Crippen molar-refractivity contribution in [3.63, 3.8) is 0 Å². The van der Waals surface area contributed by atoms with Crippen LogP contribution in [0.25, 0.3) is 0 Å². The number of amides is 1. The second-order valence-electron chi connectivity index (χ2n) is 5.90. The molecule has 0 aromatic heterocycles. The number of thioether (sulfide) groups is 1. The Balaban J connectivity index is 2.23. The van der Waals surface area contributed by atoms with Gasteiger partial charge in [0, 0.05) is 11.4 Å². The third-order valence-corrected chi connectivity index (χ3v) is 4.21. The summed E-state index contributed by atoms with van der Waals surface area (Å²) in [5.41, 5.74) is 1.34. The van der Waals surface area contributed by atoms with Gasteiger partial charge in [0.2, 0.25) is 5.91 Å². The van der Waals surface area contributed by atoms with Crippen LogP contribution in [0.1, 0.15) is 52.0 Å². The summed E-state index contributed by atoms with van der Waals surface area (Å²) in [6.07, 6.45) is 2.24. The second-order valence-corrected chi connectivity index (χ2v) is 6.95. The molecular formula is C17H27NOS. The van der Waals surface area contributed by atoms with Crippen molar-refractivity contribution in [3.05, 3.63) is 29.8 Å².